The zero-order chi connectivity index (χ0) is 10.3. The molecule has 0 atom stereocenters. The van der Waals surface area contributed by atoms with Crippen LogP contribution in [0.15, 0.2) is 0 Å². The van der Waals surface area contributed by atoms with Crippen LogP contribution in [0, 0.1) is 5.41 Å². The number of carboxylic acid groups (broad SMARTS) is 1. The molecule has 0 spiro atoms. The Balaban J connectivity index is 3.56. The SMILES string of the molecule is CCOCCCC(C)(C)CC(=O)O. The quantitative estimate of drug-likeness (QED) is 0.623. The van der Waals surface area contributed by atoms with Crippen LogP contribution >= 0.6 is 0 Å². The molecule has 3 nitrogen and oxygen atoms in total. The van der Waals surface area contributed by atoms with E-state index in [0.717, 1.165) is 26.1 Å². The molecule has 0 aliphatic carbocycles. The molecule has 3 heteroatoms. The van der Waals surface area contributed by atoms with Crippen molar-refractivity contribution in [3.05, 3.63) is 0 Å². The molecule has 0 saturated heterocycles. The summed E-state index contributed by atoms with van der Waals surface area (Å²) in [5, 5.41) is 8.62. The molecular weight excluding hydrogens is 168 g/mol. The Morgan fingerprint density at radius 3 is 2.54 bits per heavy atom. The minimum atomic E-state index is -0.721. The first-order chi connectivity index (χ1) is 5.98. The predicted molar refractivity (Wildman–Crippen MR) is 51.8 cm³/mol. The maximum atomic E-state index is 10.5. The molecule has 0 heterocycles. The minimum Gasteiger partial charge on any atom is -0.481 e. The van der Waals surface area contributed by atoms with Gasteiger partial charge in [-0.05, 0) is 25.2 Å². The lowest BCUT2D eigenvalue weighted by atomic mass is 9.84. The number of carbonyl (C=O) groups is 1. The third-order valence-corrected chi connectivity index (χ3v) is 1.98. The molecule has 0 rings (SSSR count). The Hall–Kier alpha value is -0.570. The average molecular weight is 188 g/mol. The smallest absolute Gasteiger partial charge is 0.303 e. The van der Waals surface area contributed by atoms with Crippen LogP contribution in [0.5, 0.6) is 0 Å². The van der Waals surface area contributed by atoms with Gasteiger partial charge in [0.1, 0.15) is 0 Å². The summed E-state index contributed by atoms with van der Waals surface area (Å²) in [4.78, 5) is 10.5. The van der Waals surface area contributed by atoms with E-state index in [9.17, 15) is 4.79 Å². The largest absolute Gasteiger partial charge is 0.481 e. The van der Waals surface area contributed by atoms with Crippen molar-refractivity contribution in [1.82, 2.24) is 0 Å². The van der Waals surface area contributed by atoms with Crippen LogP contribution in [-0.4, -0.2) is 24.3 Å². The number of hydrogen-bond donors (Lipinski definition) is 1. The van der Waals surface area contributed by atoms with E-state index in [1.165, 1.54) is 0 Å². The monoisotopic (exact) mass is 188 g/mol. The van der Waals surface area contributed by atoms with Gasteiger partial charge in [0.25, 0.3) is 0 Å². The van der Waals surface area contributed by atoms with Crippen LogP contribution in [0.4, 0.5) is 0 Å². The third kappa shape index (κ3) is 7.78. The molecule has 0 radical (unpaired) electrons. The molecule has 0 unspecified atom stereocenters. The number of aliphatic carboxylic acids is 1. The van der Waals surface area contributed by atoms with Gasteiger partial charge in [0.05, 0.1) is 6.42 Å². The van der Waals surface area contributed by atoms with Crippen molar-refractivity contribution in [3.8, 4) is 0 Å². The summed E-state index contributed by atoms with van der Waals surface area (Å²) in [5.74, 6) is -0.721. The second kappa shape index (κ2) is 5.97. The summed E-state index contributed by atoms with van der Waals surface area (Å²) in [6.07, 6.45) is 2.08. The van der Waals surface area contributed by atoms with E-state index in [1.807, 2.05) is 20.8 Å². The predicted octanol–water partition coefficient (Wildman–Crippen LogP) is 2.30. The maximum absolute atomic E-state index is 10.5. The number of hydrogen-bond acceptors (Lipinski definition) is 2. The molecule has 13 heavy (non-hydrogen) atoms. The highest BCUT2D eigenvalue weighted by Gasteiger charge is 2.20. The van der Waals surface area contributed by atoms with Crippen LogP contribution in [0.2, 0.25) is 0 Å². The van der Waals surface area contributed by atoms with Gasteiger partial charge in [0, 0.05) is 13.2 Å². The van der Waals surface area contributed by atoms with E-state index in [4.69, 9.17) is 9.84 Å². The van der Waals surface area contributed by atoms with Crippen molar-refractivity contribution in [2.75, 3.05) is 13.2 Å². The molecule has 0 bridgehead atoms. The molecule has 0 saturated carbocycles. The van der Waals surface area contributed by atoms with Crippen molar-refractivity contribution >= 4 is 5.97 Å². The van der Waals surface area contributed by atoms with Gasteiger partial charge in [-0.2, -0.15) is 0 Å². The summed E-state index contributed by atoms with van der Waals surface area (Å²) in [7, 11) is 0. The van der Waals surface area contributed by atoms with E-state index in [-0.39, 0.29) is 11.8 Å². The van der Waals surface area contributed by atoms with Crippen LogP contribution in [-0.2, 0) is 9.53 Å². The normalized spacial score (nSPS) is 11.6. The lowest BCUT2D eigenvalue weighted by molar-refractivity contribution is -0.139. The second-order valence-corrected chi connectivity index (χ2v) is 4.04. The molecule has 0 amide bonds. The van der Waals surface area contributed by atoms with Crippen LogP contribution in [0.1, 0.15) is 40.0 Å². The fourth-order valence-electron chi connectivity index (χ4n) is 1.29. The van der Waals surface area contributed by atoms with Gasteiger partial charge >= 0.3 is 5.97 Å². The lowest BCUT2D eigenvalue weighted by Gasteiger charge is -2.21. The number of ether oxygens (including phenoxy) is 1. The van der Waals surface area contributed by atoms with Gasteiger partial charge in [-0.3, -0.25) is 4.79 Å². The molecule has 0 fully saturated rings. The van der Waals surface area contributed by atoms with Crippen LogP contribution in [0.3, 0.4) is 0 Å². The maximum Gasteiger partial charge on any atom is 0.303 e. The Kier molecular flexibility index (Phi) is 5.71. The molecule has 0 aliphatic heterocycles. The Bertz CT molecular complexity index is 152. The fourth-order valence-corrected chi connectivity index (χ4v) is 1.29. The second-order valence-electron chi connectivity index (χ2n) is 4.04. The van der Waals surface area contributed by atoms with Gasteiger partial charge < -0.3 is 9.84 Å². The van der Waals surface area contributed by atoms with E-state index in [1.54, 1.807) is 0 Å². The van der Waals surface area contributed by atoms with Crippen molar-refractivity contribution in [2.45, 2.75) is 40.0 Å². The molecule has 0 aromatic carbocycles. The standard InChI is InChI=1S/C10H20O3/c1-4-13-7-5-6-10(2,3)8-9(11)12/h4-8H2,1-3H3,(H,11,12). The van der Waals surface area contributed by atoms with Gasteiger partial charge in [-0.1, -0.05) is 13.8 Å². The number of rotatable bonds is 7. The highest BCUT2D eigenvalue weighted by molar-refractivity contribution is 5.67. The zero-order valence-corrected chi connectivity index (χ0v) is 8.80. The van der Waals surface area contributed by atoms with Crippen LogP contribution in [0.25, 0.3) is 0 Å². The fraction of sp³-hybridized carbons (Fsp3) is 0.900. The summed E-state index contributed by atoms with van der Waals surface area (Å²) in [6.45, 7) is 7.39. The first-order valence-electron chi connectivity index (χ1n) is 4.77. The van der Waals surface area contributed by atoms with Gasteiger partial charge in [0.2, 0.25) is 0 Å². The van der Waals surface area contributed by atoms with E-state index in [0.29, 0.717) is 0 Å². The third-order valence-electron chi connectivity index (χ3n) is 1.98. The average Bonchev–Trinajstić information content (AvgIpc) is 1.95. The number of carboxylic acids is 1. The highest BCUT2D eigenvalue weighted by atomic mass is 16.5. The minimum absolute atomic E-state index is 0.108. The van der Waals surface area contributed by atoms with E-state index >= 15 is 0 Å². The Morgan fingerprint density at radius 1 is 1.46 bits per heavy atom. The molecule has 0 aromatic heterocycles. The van der Waals surface area contributed by atoms with E-state index in [2.05, 4.69) is 0 Å². The summed E-state index contributed by atoms with van der Waals surface area (Å²) in [5.41, 5.74) is -0.108. The van der Waals surface area contributed by atoms with Gasteiger partial charge in [0.15, 0.2) is 0 Å². The topological polar surface area (TPSA) is 46.5 Å². The Morgan fingerprint density at radius 2 is 2.08 bits per heavy atom. The molecule has 1 N–H and O–H groups in total. The highest BCUT2D eigenvalue weighted by Crippen LogP contribution is 2.26. The summed E-state index contributed by atoms with van der Waals surface area (Å²) < 4.78 is 5.19. The zero-order valence-electron chi connectivity index (χ0n) is 8.80. The first kappa shape index (κ1) is 12.4. The van der Waals surface area contributed by atoms with E-state index < -0.39 is 5.97 Å². The first-order valence-corrected chi connectivity index (χ1v) is 4.77. The van der Waals surface area contributed by atoms with Crippen LogP contribution < -0.4 is 0 Å². The Labute approximate surface area is 80.1 Å². The van der Waals surface area contributed by atoms with Gasteiger partial charge in [-0.15, -0.1) is 0 Å². The molecule has 0 aromatic rings. The summed E-state index contributed by atoms with van der Waals surface area (Å²) in [6, 6.07) is 0. The van der Waals surface area contributed by atoms with Crippen molar-refractivity contribution in [3.63, 3.8) is 0 Å². The molecule has 78 valence electrons. The van der Waals surface area contributed by atoms with Crippen molar-refractivity contribution < 1.29 is 14.6 Å². The van der Waals surface area contributed by atoms with Crippen molar-refractivity contribution in [1.29, 1.82) is 0 Å². The molecular formula is C10H20O3. The lowest BCUT2D eigenvalue weighted by Crippen LogP contribution is -2.17. The van der Waals surface area contributed by atoms with Gasteiger partial charge in [-0.25, -0.2) is 0 Å². The summed E-state index contributed by atoms with van der Waals surface area (Å²) >= 11 is 0. The molecule has 0 aliphatic rings. The van der Waals surface area contributed by atoms with Crippen molar-refractivity contribution in [2.24, 2.45) is 5.41 Å².